The first-order valence-corrected chi connectivity index (χ1v) is 9.63. The molecular weight excluding hydrogens is 403 g/mol. The number of hydrogen-bond donors (Lipinski definition) is 0. The van der Waals surface area contributed by atoms with Gasteiger partial charge in [0, 0.05) is 31.7 Å². The van der Waals surface area contributed by atoms with Crippen LogP contribution >= 0.6 is 0 Å². The third kappa shape index (κ3) is 4.77. The summed E-state index contributed by atoms with van der Waals surface area (Å²) in [5.41, 5.74) is 1.89. The fourth-order valence-corrected chi connectivity index (χ4v) is 3.06. The zero-order valence-corrected chi connectivity index (χ0v) is 17.6. The lowest BCUT2D eigenvalue weighted by molar-refractivity contribution is -0.137. The zero-order chi connectivity index (χ0) is 22.8. The lowest BCUT2D eigenvalue weighted by atomic mass is 10.0. The Morgan fingerprint density at radius 3 is 1.97 bits per heavy atom. The Balaban J connectivity index is 2.03. The fraction of sp³-hybridized carbons (Fsp3) is 0.261. The summed E-state index contributed by atoms with van der Waals surface area (Å²) in [6.07, 6.45) is -3.80. The minimum absolute atomic E-state index is 0.110. The number of benzene rings is 2. The first-order chi connectivity index (χ1) is 14.6. The second-order valence-corrected chi connectivity index (χ2v) is 7.43. The van der Waals surface area contributed by atoms with Gasteiger partial charge in [-0.05, 0) is 47.9 Å². The van der Waals surface area contributed by atoms with Crippen molar-refractivity contribution in [1.82, 2.24) is 9.97 Å². The van der Waals surface area contributed by atoms with Crippen molar-refractivity contribution < 1.29 is 13.2 Å². The van der Waals surface area contributed by atoms with E-state index in [9.17, 15) is 13.2 Å². The molecule has 0 fully saturated rings. The van der Waals surface area contributed by atoms with E-state index in [1.807, 2.05) is 18.2 Å². The number of halogens is 3. The van der Waals surface area contributed by atoms with Crippen molar-refractivity contribution in [2.75, 3.05) is 23.9 Å². The number of aromatic nitrogens is 2. The molecule has 0 saturated heterocycles. The van der Waals surface area contributed by atoms with E-state index < -0.39 is 11.7 Å². The van der Waals surface area contributed by atoms with Gasteiger partial charge in [-0.15, -0.1) is 0 Å². The van der Waals surface area contributed by atoms with Gasteiger partial charge in [0.25, 0.3) is 0 Å². The van der Waals surface area contributed by atoms with Crippen molar-refractivity contribution in [3.8, 4) is 6.07 Å². The highest BCUT2D eigenvalue weighted by Gasteiger charge is 2.37. The summed E-state index contributed by atoms with van der Waals surface area (Å²) in [5, 5.41) is 8.94. The predicted molar refractivity (Wildman–Crippen MR) is 115 cm³/mol. The highest BCUT2D eigenvalue weighted by atomic mass is 19.4. The SMILES string of the molecule is CC(C)c1ccc(N(C)c2nc(N(C)c3ccc(C#N)cc3)ncc2C(F)(F)F)cc1. The molecule has 31 heavy (non-hydrogen) atoms. The first kappa shape index (κ1) is 22.1. The first-order valence-electron chi connectivity index (χ1n) is 9.63. The number of nitriles is 1. The predicted octanol–water partition coefficient (Wildman–Crippen LogP) is 6.03. The van der Waals surface area contributed by atoms with Crippen LogP contribution in [0.25, 0.3) is 0 Å². The summed E-state index contributed by atoms with van der Waals surface area (Å²) in [5.74, 6) is 0.186. The Hall–Kier alpha value is -3.60. The molecule has 0 amide bonds. The standard InChI is InChI=1S/C23H22F3N5/c1-15(2)17-7-11-18(12-8-17)30(3)21-20(23(24,25)26)14-28-22(29-21)31(4)19-9-5-16(13-27)6-10-19/h5-12,14-15H,1-4H3. The van der Waals surface area contributed by atoms with E-state index in [4.69, 9.17) is 5.26 Å². The third-order valence-electron chi connectivity index (χ3n) is 5.01. The van der Waals surface area contributed by atoms with Gasteiger partial charge in [-0.1, -0.05) is 26.0 Å². The van der Waals surface area contributed by atoms with Crippen molar-refractivity contribution in [1.29, 1.82) is 5.26 Å². The van der Waals surface area contributed by atoms with Crippen LogP contribution in [-0.2, 0) is 6.18 Å². The number of rotatable bonds is 5. The molecule has 0 spiro atoms. The minimum Gasteiger partial charge on any atom is -0.329 e. The molecule has 0 unspecified atom stereocenters. The van der Waals surface area contributed by atoms with E-state index in [2.05, 4.69) is 23.8 Å². The van der Waals surface area contributed by atoms with E-state index in [1.165, 1.54) is 4.90 Å². The van der Waals surface area contributed by atoms with Crippen LogP contribution in [0.4, 0.5) is 36.3 Å². The van der Waals surface area contributed by atoms with Crippen molar-refractivity contribution in [3.63, 3.8) is 0 Å². The summed E-state index contributed by atoms with van der Waals surface area (Å²) >= 11 is 0. The molecule has 160 valence electrons. The molecule has 1 aromatic heterocycles. The summed E-state index contributed by atoms with van der Waals surface area (Å²) in [6.45, 7) is 4.10. The Morgan fingerprint density at radius 2 is 1.45 bits per heavy atom. The van der Waals surface area contributed by atoms with Crippen LogP contribution in [-0.4, -0.2) is 24.1 Å². The molecule has 0 atom stereocenters. The van der Waals surface area contributed by atoms with E-state index in [0.29, 0.717) is 22.9 Å². The average Bonchev–Trinajstić information content (AvgIpc) is 2.77. The highest BCUT2D eigenvalue weighted by Crippen LogP contribution is 2.38. The van der Waals surface area contributed by atoms with Crippen molar-refractivity contribution >= 4 is 23.1 Å². The quantitative estimate of drug-likeness (QED) is 0.500. The van der Waals surface area contributed by atoms with Gasteiger partial charge in [0.05, 0.1) is 11.6 Å². The molecule has 3 rings (SSSR count). The molecule has 0 aliphatic heterocycles. The van der Waals surface area contributed by atoms with Gasteiger partial charge >= 0.3 is 6.18 Å². The van der Waals surface area contributed by atoms with Crippen LogP contribution in [0.1, 0.15) is 36.5 Å². The van der Waals surface area contributed by atoms with Gasteiger partial charge in [-0.3, -0.25) is 0 Å². The monoisotopic (exact) mass is 425 g/mol. The topological polar surface area (TPSA) is 56.1 Å². The molecule has 1 heterocycles. The molecule has 0 saturated carbocycles. The fourth-order valence-electron chi connectivity index (χ4n) is 3.06. The van der Waals surface area contributed by atoms with Gasteiger partial charge in [0.1, 0.15) is 5.56 Å². The molecule has 2 aromatic carbocycles. The zero-order valence-electron chi connectivity index (χ0n) is 17.6. The van der Waals surface area contributed by atoms with Crippen LogP contribution in [0.5, 0.6) is 0 Å². The smallest absolute Gasteiger partial charge is 0.329 e. The number of anilines is 4. The highest BCUT2D eigenvalue weighted by molar-refractivity contribution is 5.66. The van der Waals surface area contributed by atoms with E-state index in [-0.39, 0.29) is 11.8 Å². The van der Waals surface area contributed by atoms with Crippen LogP contribution in [0.2, 0.25) is 0 Å². The summed E-state index contributed by atoms with van der Waals surface area (Å²) in [6, 6.07) is 16.0. The minimum atomic E-state index is -4.60. The summed E-state index contributed by atoms with van der Waals surface area (Å²) in [7, 11) is 3.21. The molecule has 0 aliphatic carbocycles. The normalized spacial score (nSPS) is 11.3. The van der Waals surface area contributed by atoms with Crippen LogP contribution in [0.3, 0.4) is 0 Å². The number of nitrogens with zero attached hydrogens (tertiary/aromatic N) is 5. The van der Waals surface area contributed by atoms with Crippen LogP contribution in [0, 0.1) is 11.3 Å². The molecule has 8 heteroatoms. The molecule has 3 aromatic rings. The largest absolute Gasteiger partial charge is 0.421 e. The van der Waals surface area contributed by atoms with Crippen molar-refractivity contribution in [2.24, 2.45) is 0 Å². The maximum absolute atomic E-state index is 13.7. The molecular formula is C23H22F3N5. The van der Waals surface area contributed by atoms with Crippen LogP contribution in [0.15, 0.2) is 54.7 Å². The van der Waals surface area contributed by atoms with Gasteiger partial charge in [-0.25, -0.2) is 4.98 Å². The van der Waals surface area contributed by atoms with E-state index in [1.54, 1.807) is 55.4 Å². The molecule has 5 nitrogen and oxygen atoms in total. The molecule has 0 N–H and O–H groups in total. The third-order valence-corrected chi connectivity index (χ3v) is 5.01. The molecule has 0 aliphatic rings. The lowest BCUT2D eigenvalue weighted by Crippen LogP contribution is -2.21. The second-order valence-electron chi connectivity index (χ2n) is 7.43. The maximum Gasteiger partial charge on any atom is 0.421 e. The Labute approximate surface area is 179 Å². The Morgan fingerprint density at radius 1 is 0.903 bits per heavy atom. The van der Waals surface area contributed by atoms with Crippen molar-refractivity contribution in [2.45, 2.75) is 25.9 Å². The number of hydrogen-bond acceptors (Lipinski definition) is 5. The maximum atomic E-state index is 13.7. The number of alkyl halides is 3. The molecule has 0 bridgehead atoms. The van der Waals surface area contributed by atoms with E-state index in [0.717, 1.165) is 11.8 Å². The summed E-state index contributed by atoms with van der Waals surface area (Å²) < 4.78 is 41.0. The Bertz CT molecular complexity index is 1080. The van der Waals surface area contributed by atoms with Gasteiger partial charge in [0.2, 0.25) is 5.95 Å². The summed E-state index contributed by atoms with van der Waals surface area (Å²) in [4.78, 5) is 11.2. The molecule has 0 radical (unpaired) electrons. The van der Waals surface area contributed by atoms with Crippen LogP contribution < -0.4 is 9.80 Å². The lowest BCUT2D eigenvalue weighted by Gasteiger charge is -2.25. The van der Waals surface area contributed by atoms with Gasteiger partial charge in [0.15, 0.2) is 5.82 Å². The van der Waals surface area contributed by atoms with Crippen molar-refractivity contribution in [3.05, 3.63) is 71.4 Å². The second kappa shape index (κ2) is 8.64. The Kier molecular flexibility index (Phi) is 6.16. The average molecular weight is 425 g/mol. The van der Waals surface area contributed by atoms with Gasteiger partial charge in [-0.2, -0.15) is 23.4 Å². The van der Waals surface area contributed by atoms with Gasteiger partial charge < -0.3 is 9.80 Å². The van der Waals surface area contributed by atoms with E-state index >= 15 is 0 Å².